The van der Waals surface area contributed by atoms with Crippen molar-refractivity contribution in [3.8, 4) is 0 Å². The smallest absolute Gasteiger partial charge is 0.329 e. The molecule has 9 heteroatoms. The standard InChI is InChI=1S/C15H14N4O3S2/c1-8-7-24-15-12(18-11(21)5-9-3-2-4-23-9)14(22)19(15)13(8)10(20)6-17-16/h2-4,6,12,15H,5,7H2,1H3,(H,18,21)/t12?,15-/m0/s1. The van der Waals surface area contributed by atoms with Crippen LogP contribution in [0.1, 0.15) is 11.8 Å². The van der Waals surface area contributed by atoms with Crippen LogP contribution >= 0.6 is 23.1 Å². The number of fused-ring (bicyclic) bond motifs is 1. The second kappa shape index (κ2) is 6.72. The zero-order valence-corrected chi connectivity index (χ0v) is 14.4. The molecule has 124 valence electrons. The molecule has 24 heavy (non-hydrogen) atoms. The second-order valence-electron chi connectivity index (χ2n) is 5.45. The highest BCUT2D eigenvalue weighted by Crippen LogP contribution is 2.40. The summed E-state index contributed by atoms with van der Waals surface area (Å²) < 4.78 is 0. The summed E-state index contributed by atoms with van der Waals surface area (Å²) in [4.78, 5) is 41.6. The number of thiophene rings is 1. The Hall–Kier alpha value is -2.22. The van der Waals surface area contributed by atoms with Gasteiger partial charge in [0.1, 0.15) is 11.4 Å². The quantitative estimate of drug-likeness (QED) is 0.363. The van der Waals surface area contributed by atoms with Gasteiger partial charge in [-0.05, 0) is 23.9 Å². The van der Waals surface area contributed by atoms with E-state index in [0.29, 0.717) is 5.75 Å². The number of nitrogens with one attached hydrogen (secondary N) is 1. The van der Waals surface area contributed by atoms with E-state index >= 15 is 0 Å². The number of thioether (sulfide) groups is 1. The van der Waals surface area contributed by atoms with Crippen molar-refractivity contribution in [1.29, 1.82) is 0 Å². The van der Waals surface area contributed by atoms with Gasteiger partial charge in [-0.15, -0.1) is 23.1 Å². The molecule has 0 saturated carbocycles. The molecule has 1 fully saturated rings. The molecule has 0 radical (unpaired) electrons. The average molecular weight is 362 g/mol. The van der Waals surface area contributed by atoms with Crippen molar-refractivity contribution in [1.82, 2.24) is 10.2 Å². The van der Waals surface area contributed by atoms with Gasteiger partial charge in [-0.2, -0.15) is 4.79 Å². The van der Waals surface area contributed by atoms with Crippen LogP contribution in [0, 0.1) is 0 Å². The number of carbonyl (C=O) groups excluding carboxylic acids is 3. The minimum Gasteiger partial charge on any atom is -0.361 e. The second-order valence-corrected chi connectivity index (χ2v) is 7.59. The van der Waals surface area contributed by atoms with E-state index in [4.69, 9.17) is 5.53 Å². The first kappa shape index (κ1) is 16.6. The fourth-order valence-corrected chi connectivity index (χ4v) is 4.72. The third-order valence-corrected chi connectivity index (χ3v) is 6.10. The van der Waals surface area contributed by atoms with Crippen molar-refractivity contribution < 1.29 is 19.2 Å². The minimum absolute atomic E-state index is 0.216. The molecule has 7 nitrogen and oxygen atoms in total. The summed E-state index contributed by atoms with van der Waals surface area (Å²) in [6.07, 6.45) is 1.01. The first-order valence-electron chi connectivity index (χ1n) is 7.21. The summed E-state index contributed by atoms with van der Waals surface area (Å²) in [5, 5.41) is 4.34. The number of ketones is 1. The molecular formula is C15H14N4O3S2. The van der Waals surface area contributed by atoms with Crippen LogP contribution in [0.2, 0.25) is 0 Å². The van der Waals surface area contributed by atoms with Gasteiger partial charge in [-0.3, -0.25) is 19.3 Å². The summed E-state index contributed by atoms with van der Waals surface area (Å²) in [6, 6.07) is 3.10. The third-order valence-electron chi connectivity index (χ3n) is 3.80. The molecule has 0 spiro atoms. The van der Waals surface area contributed by atoms with Gasteiger partial charge < -0.3 is 10.8 Å². The van der Waals surface area contributed by atoms with Crippen molar-refractivity contribution in [2.75, 3.05) is 5.75 Å². The van der Waals surface area contributed by atoms with E-state index in [1.54, 1.807) is 6.92 Å². The maximum atomic E-state index is 12.4. The molecule has 0 aliphatic carbocycles. The molecule has 1 aromatic rings. The molecule has 0 aromatic carbocycles. The summed E-state index contributed by atoms with van der Waals surface area (Å²) >= 11 is 2.98. The number of hydrogen-bond acceptors (Lipinski definition) is 5. The molecule has 1 unspecified atom stereocenters. The number of β-lactam (4-membered cyclic amide) rings is 1. The summed E-state index contributed by atoms with van der Waals surface area (Å²) in [5.41, 5.74) is 9.53. The predicted octanol–water partition coefficient (Wildman–Crippen LogP) is 0.834. The lowest BCUT2D eigenvalue weighted by Gasteiger charge is -2.49. The van der Waals surface area contributed by atoms with Crippen LogP contribution in [0.15, 0.2) is 28.8 Å². The van der Waals surface area contributed by atoms with Crippen LogP contribution in [0.25, 0.3) is 5.53 Å². The van der Waals surface area contributed by atoms with Gasteiger partial charge in [0.15, 0.2) is 0 Å². The monoisotopic (exact) mass is 362 g/mol. The molecule has 2 aliphatic rings. The zero-order chi connectivity index (χ0) is 17.3. The van der Waals surface area contributed by atoms with Crippen molar-refractivity contribution >= 4 is 46.9 Å². The van der Waals surface area contributed by atoms with Crippen molar-refractivity contribution in [2.24, 2.45) is 0 Å². The van der Waals surface area contributed by atoms with Crippen molar-refractivity contribution in [3.63, 3.8) is 0 Å². The molecule has 0 bridgehead atoms. The first-order valence-corrected chi connectivity index (χ1v) is 9.13. The van der Waals surface area contributed by atoms with E-state index in [9.17, 15) is 14.4 Å². The van der Waals surface area contributed by atoms with Crippen LogP contribution in [0.4, 0.5) is 0 Å². The van der Waals surface area contributed by atoms with Crippen molar-refractivity contribution in [2.45, 2.75) is 24.8 Å². The van der Waals surface area contributed by atoms with Gasteiger partial charge in [0.25, 0.3) is 11.7 Å². The highest BCUT2D eigenvalue weighted by molar-refractivity contribution is 8.00. The first-order chi connectivity index (χ1) is 11.5. The van der Waals surface area contributed by atoms with Gasteiger partial charge in [0.05, 0.1) is 12.1 Å². The lowest BCUT2D eigenvalue weighted by atomic mass is 10.0. The third kappa shape index (κ3) is 2.93. The number of carbonyl (C=O) groups is 3. The molecule has 2 aliphatic heterocycles. The van der Waals surface area contributed by atoms with Crippen molar-refractivity contribution in [3.05, 3.63) is 39.2 Å². The van der Waals surface area contributed by atoms with E-state index in [0.717, 1.165) is 16.7 Å². The Kier molecular flexibility index (Phi) is 4.66. The van der Waals surface area contributed by atoms with E-state index in [2.05, 4.69) is 10.1 Å². The Morgan fingerprint density at radius 3 is 3.00 bits per heavy atom. The number of nitrogens with zero attached hydrogens (tertiary/aromatic N) is 3. The summed E-state index contributed by atoms with van der Waals surface area (Å²) in [5.74, 6) is -0.476. The molecule has 1 saturated heterocycles. The van der Waals surface area contributed by atoms with E-state index in [1.165, 1.54) is 28.0 Å². The minimum atomic E-state index is -0.635. The maximum absolute atomic E-state index is 12.4. The SMILES string of the molecule is CC1=C(C(=O)C=[N+]=[N-])N2C(=O)C(NC(=O)Cc3cccs3)[C@@H]2SC1. The summed E-state index contributed by atoms with van der Waals surface area (Å²) in [6.45, 7) is 1.76. The maximum Gasteiger partial charge on any atom is 0.329 e. The van der Waals surface area contributed by atoms with Gasteiger partial charge in [0.2, 0.25) is 5.91 Å². The molecule has 3 rings (SSSR count). The Morgan fingerprint density at radius 2 is 2.33 bits per heavy atom. The van der Waals surface area contributed by atoms with Crippen LogP contribution in [-0.4, -0.2) is 50.7 Å². The highest BCUT2D eigenvalue weighted by Gasteiger charge is 2.53. The Morgan fingerprint density at radius 1 is 1.54 bits per heavy atom. The zero-order valence-electron chi connectivity index (χ0n) is 12.8. The van der Waals surface area contributed by atoms with E-state index in [1.807, 2.05) is 17.5 Å². The fourth-order valence-electron chi connectivity index (χ4n) is 2.73. The van der Waals surface area contributed by atoms with Gasteiger partial charge in [-0.1, -0.05) is 6.07 Å². The van der Waals surface area contributed by atoms with Gasteiger partial charge in [-0.25, -0.2) is 0 Å². The van der Waals surface area contributed by atoms with Crippen LogP contribution in [0.5, 0.6) is 0 Å². The van der Waals surface area contributed by atoms with Crippen LogP contribution in [0.3, 0.4) is 0 Å². The summed E-state index contributed by atoms with van der Waals surface area (Å²) in [7, 11) is 0. The van der Waals surface area contributed by atoms with E-state index < -0.39 is 11.8 Å². The predicted molar refractivity (Wildman–Crippen MR) is 90.4 cm³/mol. The molecule has 1 N–H and O–H groups in total. The molecule has 1 aromatic heterocycles. The largest absolute Gasteiger partial charge is 0.361 e. The average Bonchev–Trinajstić information content (AvgIpc) is 3.05. The van der Waals surface area contributed by atoms with E-state index in [-0.39, 0.29) is 29.3 Å². The number of rotatable bonds is 5. The Labute approximate surface area is 146 Å². The molecule has 2 atom stereocenters. The fraction of sp³-hybridized carbons (Fsp3) is 0.333. The molecular weight excluding hydrogens is 348 g/mol. The van der Waals surface area contributed by atoms with Crippen LogP contribution in [-0.2, 0) is 20.8 Å². The van der Waals surface area contributed by atoms with Gasteiger partial charge in [0, 0.05) is 10.6 Å². The molecule has 3 heterocycles. The Bertz CT molecular complexity index is 781. The lowest BCUT2D eigenvalue weighted by Crippen LogP contribution is -2.70. The lowest BCUT2D eigenvalue weighted by molar-refractivity contribution is -0.147. The Balaban J connectivity index is 1.71. The number of Topliss-reactive ketones (excluding diaryl/α,β-unsaturated/α-hetero) is 1. The van der Waals surface area contributed by atoms with Gasteiger partial charge >= 0.3 is 6.21 Å². The number of hydrogen-bond donors (Lipinski definition) is 1. The van der Waals surface area contributed by atoms with Crippen LogP contribution < -0.4 is 5.32 Å². The highest BCUT2D eigenvalue weighted by atomic mass is 32.2. The number of allylic oxidation sites excluding steroid dienone is 1. The normalized spacial score (nSPS) is 22.4. The molecule has 2 amide bonds. The topological polar surface area (TPSA) is 103 Å². The number of amides is 2.